The molecule has 1 aliphatic rings. The van der Waals surface area contributed by atoms with Crippen molar-refractivity contribution in [3.05, 3.63) is 64.7 Å². The molecule has 9 N–H and O–H groups in total. The minimum atomic E-state index is -1.08. The lowest BCUT2D eigenvalue weighted by molar-refractivity contribution is -0.135. The molecule has 4 amide bonds. The predicted molar refractivity (Wildman–Crippen MR) is 146 cm³/mol. The summed E-state index contributed by atoms with van der Waals surface area (Å²) in [6.45, 7) is -0.150. The molecular formula is C26H32ClN7O5. The van der Waals surface area contributed by atoms with Crippen LogP contribution in [0.2, 0.25) is 5.02 Å². The fourth-order valence-electron chi connectivity index (χ4n) is 4.00. The number of benzene rings is 2. The molecular weight excluding hydrogens is 526 g/mol. The van der Waals surface area contributed by atoms with Gasteiger partial charge in [-0.25, -0.2) is 0 Å². The fraction of sp³-hybridized carbons (Fsp3) is 0.346. The Kier molecular flexibility index (Phi) is 10.5. The van der Waals surface area contributed by atoms with Crippen LogP contribution >= 0.6 is 11.6 Å². The normalized spacial score (nSPS) is 20.4. The molecule has 1 saturated heterocycles. The molecule has 2 aromatic carbocycles. The summed E-state index contributed by atoms with van der Waals surface area (Å²) < 4.78 is 0. The summed E-state index contributed by atoms with van der Waals surface area (Å²) in [5.41, 5.74) is 12.1. The third-order valence-corrected chi connectivity index (χ3v) is 6.27. The molecule has 0 saturated carbocycles. The molecule has 3 atom stereocenters. The van der Waals surface area contributed by atoms with Crippen LogP contribution in [0.15, 0.2) is 53.5 Å². The highest BCUT2D eigenvalue weighted by molar-refractivity contribution is 6.30. The first-order chi connectivity index (χ1) is 18.6. The molecule has 13 heteroatoms. The number of aliphatic imine (C=N–C) groups is 1. The molecule has 0 aromatic heterocycles. The summed E-state index contributed by atoms with van der Waals surface area (Å²) in [6, 6.07) is 9.86. The highest BCUT2D eigenvalue weighted by Crippen LogP contribution is 2.14. The molecule has 0 spiro atoms. The zero-order valence-corrected chi connectivity index (χ0v) is 21.9. The molecule has 0 aliphatic carbocycles. The number of halogens is 1. The number of hydrogen-bond acceptors (Lipinski definition) is 6. The van der Waals surface area contributed by atoms with E-state index in [-0.39, 0.29) is 44.1 Å². The molecule has 1 fully saturated rings. The molecule has 208 valence electrons. The smallest absolute Gasteiger partial charge is 0.243 e. The van der Waals surface area contributed by atoms with Gasteiger partial charge >= 0.3 is 0 Å². The van der Waals surface area contributed by atoms with Crippen LogP contribution in [-0.4, -0.2) is 65.9 Å². The van der Waals surface area contributed by atoms with E-state index in [9.17, 15) is 24.3 Å². The van der Waals surface area contributed by atoms with Crippen molar-refractivity contribution in [1.82, 2.24) is 21.3 Å². The molecule has 0 bridgehead atoms. The van der Waals surface area contributed by atoms with Gasteiger partial charge in [-0.3, -0.25) is 24.2 Å². The number of carbonyl (C=O) groups excluding carboxylic acids is 4. The van der Waals surface area contributed by atoms with Crippen molar-refractivity contribution in [3.63, 3.8) is 0 Å². The van der Waals surface area contributed by atoms with E-state index in [0.29, 0.717) is 17.0 Å². The number of aromatic hydroxyl groups is 1. The zero-order valence-electron chi connectivity index (χ0n) is 21.2. The van der Waals surface area contributed by atoms with Gasteiger partial charge in [0.15, 0.2) is 5.96 Å². The molecule has 39 heavy (non-hydrogen) atoms. The van der Waals surface area contributed by atoms with Crippen molar-refractivity contribution in [2.24, 2.45) is 16.5 Å². The monoisotopic (exact) mass is 557 g/mol. The first kappa shape index (κ1) is 29.2. The van der Waals surface area contributed by atoms with Gasteiger partial charge in [0.1, 0.15) is 23.9 Å². The molecule has 3 rings (SSSR count). The standard InChI is InChI=1S/C26H32ClN7O5/c27-17-7-3-15(4-8-17)12-20-24(38)34-21(13-16-5-9-18(35)10-6-16)25(39)33-19(2-1-11-30-26(28)29)23(37)31-14-22(36)32-20/h3-10,19-21,35H,1-2,11-14H2,(H,31,37)(H,32,36)(H,33,39)(H,34,38)(H4,28,29,30). The quantitative estimate of drug-likeness (QED) is 0.128. The van der Waals surface area contributed by atoms with Gasteiger partial charge in [0.25, 0.3) is 0 Å². The van der Waals surface area contributed by atoms with Crippen molar-refractivity contribution in [3.8, 4) is 5.75 Å². The average molecular weight is 558 g/mol. The first-order valence-electron chi connectivity index (χ1n) is 12.4. The van der Waals surface area contributed by atoms with Gasteiger partial charge in [-0.15, -0.1) is 0 Å². The van der Waals surface area contributed by atoms with Gasteiger partial charge < -0.3 is 37.8 Å². The molecule has 3 unspecified atom stereocenters. The maximum atomic E-state index is 13.4. The Bertz CT molecular complexity index is 1200. The largest absolute Gasteiger partial charge is 0.508 e. The van der Waals surface area contributed by atoms with Gasteiger partial charge in [0.05, 0.1) is 6.54 Å². The van der Waals surface area contributed by atoms with Crippen LogP contribution < -0.4 is 32.7 Å². The van der Waals surface area contributed by atoms with E-state index >= 15 is 0 Å². The third kappa shape index (κ3) is 9.49. The average Bonchev–Trinajstić information content (AvgIpc) is 2.89. The summed E-state index contributed by atoms with van der Waals surface area (Å²) in [6.07, 6.45) is 0.765. The molecule has 1 aliphatic heterocycles. The van der Waals surface area contributed by atoms with Crippen LogP contribution in [0.1, 0.15) is 24.0 Å². The minimum Gasteiger partial charge on any atom is -0.508 e. The Labute approximate surface area is 230 Å². The maximum Gasteiger partial charge on any atom is 0.243 e. The highest BCUT2D eigenvalue weighted by atomic mass is 35.5. The number of carbonyl (C=O) groups is 4. The van der Waals surface area contributed by atoms with Crippen LogP contribution in [-0.2, 0) is 32.0 Å². The summed E-state index contributed by atoms with van der Waals surface area (Å²) in [4.78, 5) is 56.2. The fourth-order valence-corrected chi connectivity index (χ4v) is 4.12. The summed E-state index contributed by atoms with van der Waals surface area (Å²) in [7, 11) is 0. The maximum absolute atomic E-state index is 13.4. The van der Waals surface area contributed by atoms with Gasteiger partial charge in [0, 0.05) is 24.4 Å². The van der Waals surface area contributed by atoms with E-state index < -0.39 is 41.8 Å². The van der Waals surface area contributed by atoms with Gasteiger partial charge in [-0.2, -0.15) is 0 Å². The Morgan fingerprint density at radius 1 is 0.821 bits per heavy atom. The topological polar surface area (TPSA) is 201 Å². The van der Waals surface area contributed by atoms with Crippen LogP contribution in [0.3, 0.4) is 0 Å². The molecule has 1 heterocycles. The molecule has 0 radical (unpaired) electrons. The molecule has 12 nitrogen and oxygen atoms in total. The van der Waals surface area contributed by atoms with Crippen molar-refractivity contribution >= 4 is 41.2 Å². The number of phenols is 1. The van der Waals surface area contributed by atoms with Crippen LogP contribution in [0.4, 0.5) is 0 Å². The number of phenolic OH excluding ortho intramolecular Hbond substituents is 1. The van der Waals surface area contributed by atoms with E-state index in [4.69, 9.17) is 23.1 Å². The van der Waals surface area contributed by atoms with E-state index in [2.05, 4.69) is 26.3 Å². The van der Waals surface area contributed by atoms with Gasteiger partial charge in [-0.1, -0.05) is 35.9 Å². The Balaban J connectivity index is 1.86. The third-order valence-electron chi connectivity index (χ3n) is 6.02. The van der Waals surface area contributed by atoms with Crippen molar-refractivity contribution in [2.75, 3.05) is 13.1 Å². The Hall–Kier alpha value is -4.32. The zero-order chi connectivity index (χ0) is 28.4. The van der Waals surface area contributed by atoms with Crippen LogP contribution in [0, 0.1) is 0 Å². The number of hydrogen-bond donors (Lipinski definition) is 7. The summed E-state index contributed by atoms with van der Waals surface area (Å²) in [5.74, 6) is -2.34. The Morgan fingerprint density at radius 2 is 1.36 bits per heavy atom. The second kappa shape index (κ2) is 14.0. The Morgan fingerprint density at radius 3 is 1.95 bits per heavy atom. The van der Waals surface area contributed by atoms with Gasteiger partial charge in [0.2, 0.25) is 23.6 Å². The van der Waals surface area contributed by atoms with E-state index in [1.54, 1.807) is 36.4 Å². The number of nitrogens with one attached hydrogen (secondary N) is 4. The van der Waals surface area contributed by atoms with Crippen LogP contribution in [0.5, 0.6) is 5.75 Å². The number of nitrogens with zero attached hydrogens (tertiary/aromatic N) is 1. The van der Waals surface area contributed by atoms with E-state index in [0.717, 1.165) is 5.56 Å². The number of rotatable bonds is 8. The lowest BCUT2D eigenvalue weighted by Crippen LogP contribution is -2.60. The SMILES string of the molecule is NC(N)=NCCCC1NC(=O)C(Cc2ccc(O)cc2)NC(=O)C(Cc2ccc(Cl)cc2)NC(=O)CNC1=O. The van der Waals surface area contributed by atoms with E-state index in [1.807, 2.05) is 0 Å². The second-order valence-corrected chi connectivity index (χ2v) is 9.55. The lowest BCUT2D eigenvalue weighted by Gasteiger charge is -2.27. The van der Waals surface area contributed by atoms with Crippen molar-refractivity contribution in [2.45, 2.75) is 43.8 Å². The first-order valence-corrected chi connectivity index (χ1v) is 12.7. The number of nitrogens with two attached hydrogens (primary N) is 2. The summed E-state index contributed by atoms with van der Waals surface area (Å²) >= 11 is 5.96. The number of guanidine groups is 1. The second-order valence-electron chi connectivity index (χ2n) is 9.11. The van der Waals surface area contributed by atoms with Gasteiger partial charge in [-0.05, 0) is 48.2 Å². The van der Waals surface area contributed by atoms with Crippen LogP contribution in [0.25, 0.3) is 0 Å². The summed E-state index contributed by atoms with van der Waals surface area (Å²) in [5, 5.41) is 20.7. The molecule has 2 aromatic rings. The van der Waals surface area contributed by atoms with E-state index in [1.165, 1.54) is 12.1 Å². The minimum absolute atomic E-state index is 0.0502. The van der Waals surface area contributed by atoms with Crippen molar-refractivity contribution < 1.29 is 24.3 Å². The lowest BCUT2D eigenvalue weighted by atomic mass is 10.0. The number of amides is 4. The predicted octanol–water partition coefficient (Wildman–Crippen LogP) is -0.531. The van der Waals surface area contributed by atoms with Crippen molar-refractivity contribution in [1.29, 1.82) is 0 Å². The highest BCUT2D eigenvalue weighted by Gasteiger charge is 2.31.